The van der Waals surface area contributed by atoms with E-state index in [0.29, 0.717) is 34.9 Å². The van der Waals surface area contributed by atoms with Gasteiger partial charge in [0.25, 0.3) is 5.91 Å². The van der Waals surface area contributed by atoms with E-state index in [0.717, 1.165) is 5.56 Å². The van der Waals surface area contributed by atoms with Crippen molar-refractivity contribution < 1.29 is 28.6 Å². The van der Waals surface area contributed by atoms with Crippen molar-refractivity contribution in [2.75, 3.05) is 18.6 Å². The largest absolute Gasteiger partial charge is 0.478 e. The Morgan fingerprint density at radius 2 is 1.64 bits per heavy atom. The molecule has 230 valence electrons. The molecule has 0 aliphatic carbocycles. The second kappa shape index (κ2) is 13.5. The van der Waals surface area contributed by atoms with Crippen molar-refractivity contribution >= 4 is 23.5 Å². The highest BCUT2D eigenvalue weighted by Gasteiger charge is 2.48. The van der Waals surface area contributed by atoms with Gasteiger partial charge in [0.05, 0.1) is 31.0 Å². The monoisotopic (exact) mass is 606 g/mol. The first kappa shape index (κ1) is 31.1. The number of hydrogen-bond donors (Lipinski definition) is 0. The molecule has 0 saturated carbocycles. The first-order valence-electron chi connectivity index (χ1n) is 14.6. The molecule has 0 fully saturated rings. The van der Waals surface area contributed by atoms with E-state index in [4.69, 9.17) is 14.2 Å². The third-order valence-corrected chi connectivity index (χ3v) is 7.42. The van der Waals surface area contributed by atoms with Crippen LogP contribution in [0.1, 0.15) is 71.6 Å². The molecule has 0 spiro atoms. The van der Waals surface area contributed by atoms with Gasteiger partial charge < -0.3 is 14.2 Å². The van der Waals surface area contributed by atoms with E-state index < -0.39 is 29.8 Å². The summed E-state index contributed by atoms with van der Waals surface area (Å²) < 4.78 is 16.9. The maximum Gasteiger partial charge on any atom is 0.351 e. The van der Waals surface area contributed by atoms with Crippen LogP contribution in [0.5, 0.6) is 5.88 Å². The van der Waals surface area contributed by atoms with Gasteiger partial charge in [0.15, 0.2) is 17.4 Å². The van der Waals surface area contributed by atoms with Crippen molar-refractivity contribution in [2.45, 2.75) is 45.8 Å². The van der Waals surface area contributed by atoms with E-state index in [1.165, 1.54) is 12.0 Å². The summed E-state index contributed by atoms with van der Waals surface area (Å²) in [5.74, 6) is -1.32. The molecule has 10 nitrogen and oxygen atoms in total. The number of methoxy groups -OCH3 is 1. The Bertz CT molecular complexity index is 1700. The summed E-state index contributed by atoms with van der Waals surface area (Å²) in [6, 6.07) is 21.6. The van der Waals surface area contributed by atoms with Gasteiger partial charge in [-0.05, 0) is 49.1 Å². The average molecular weight is 607 g/mol. The molecule has 0 bridgehead atoms. The van der Waals surface area contributed by atoms with Crippen LogP contribution >= 0.6 is 0 Å². The molecular formula is C35H34N4O6. The van der Waals surface area contributed by atoms with Crippen LogP contribution in [0.3, 0.4) is 0 Å². The van der Waals surface area contributed by atoms with E-state index in [-0.39, 0.29) is 23.1 Å². The van der Waals surface area contributed by atoms with Gasteiger partial charge in [-0.2, -0.15) is 5.10 Å². The van der Waals surface area contributed by atoms with Crippen molar-refractivity contribution in [3.05, 3.63) is 124 Å². The molecule has 4 aromatic rings. The Morgan fingerprint density at radius 1 is 0.911 bits per heavy atom. The standard InChI is InChI=1S/C35H34N4O6/c1-6-44-28-19-17-26(20-36-28)30-29(31(40)24-15-13-23(14-16-24)21(2)3)33(34(41)39(30)27-18-12-22(4)37-38-27)45-32(35(42)43-5)25-10-8-7-9-11-25/h7-21,30,32H,6H2,1-5H3/t30-,32+/m0/s1. The summed E-state index contributed by atoms with van der Waals surface area (Å²) >= 11 is 0. The summed E-state index contributed by atoms with van der Waals surface area (Å²) in [5.41, 5.74) is 3.02. The lowest BCUT2D eigenvalue weighted by molar-refractivity contribution is -0.152. The molecule has 5 rings (SSSR count). The number of pyridine rings is 1. The Morgan fingerprint density at radius 3 is 2.22 bits per heavy atom. The normalized spacial score (nSPS) is 15.3. The van der Waals surface area contributed by atoms with Gasteiger partial charge in [0, 0.05) is 23.4 Å². The van der Waals surface area contributed by atoms with E-state index in [9.17, 15) is 14.4 Å². The lowest BCUT2D eigenvalue weighted by Gasteiger charge is -2.25. The van der Waals surface area contributed by atoms with Gasteiger partial charge in [0.2, 0.25) is 12.0 Å². The molecule has 0 unspecified atom stereocenters. The summed E-state index contributed by atoms with van der Waals surface area (Å²) in [6.07, 6.45) is 0.217. The van der Waals surface area contributed by atoms with Crippen LogP contribution in [0, 0.1) is 6.92 Å². The Balaban J connectivity index is 1.73. The quantitative estimate of drug-likeness (QED) is 0.153. The van der Waals surface area contributed by atoms with Crippen LogP contribution in [0.15, 0.2) is 96.4 Å². The number of aryl methyl sites for hydroxylation is 1. The number of esters is 1. The van der Waals surface area contributed by atoms with E-state index in [2.05, 4.69) is 29.0 Å². The van der Waals surface area contributed by atoms with E-state index in [1.54, 1.807) is 79.9 Å². The molecule has 1 amide bonds. The van der Waals surface area contributed by atoms with Gasteiger partial charge in [-0.3, -0.25) is 14.5 Å². The Labute approximate surface area is 261 Å². The highest BCUT2D eigenvalue weighted by molar-refractivity contribution is 6.21. The summed E-state index contributed by atoms with van der Waals surface area (Å²) in [4.78, 5) is 47.8. The van der Waals surface area contributed by atoms with Crippen molar-refractivity contribution in [2.24, 2.45) is 0 Å². The molecular weight excluding hydrogens is 572 g/mol. The average Bonchev–Trinajstić information content (AvgIpc) is 3.35. The zero-order chi connectivity index (χ0) is 32.1. The van der Waals surface area contributed by atoms with Crippen LogP contribution in [-0.2, 0) is 19.1 Å². The molecule has 1 aliphatic rings. The number of nitrogens with zero attached hydrogens (tertiary/aromatic N) is 4. The number of rotatable bonds is 11. The maximum absolute atomic E-state index is 14.5. The lowest BCUT2D eigenvalue weighted by atomic mass is 9.92. The second-order valence-electron chi connectivity index (χ2n) is 10.8. The smallest absolute Gasteiger partial charge is 0.351 e. The minimum atomic E-state index is -1.33. The lowest BCUT2D eigenvalue weighted by Crippen LogP contribution is -2.32. The van der Waals surface area contributed by atoms with Crippen LogP contribution in [0.4, 0.5) is 5.82 Å². The number of carbonyl (C=O) groups excluding carboxylic acids is 3. The third kappa shape index (κ3) is 6.45. The minimum Gasteiger partial charge on any atom is -0.478 e. The highest BCUT2D eigenvalue weighted by Crippen LogP contribution is 2.44. The SMILES string of the molecule is CCOc1ccc([C@H]2C(C(=O)c3ccc(C(C)C)cc3)=C(O[C@@H](C(=O)OC)c3ccccc3)C(=O)N2c2ccc(C)nn2)cn1. The fourth-order valence-electron chi connectivity index (χ4n) is 5.08. The zero-order valence-corrected chi connectivity index (χ0v) is 25.8. The Kier molecular flexibility index (Phi) is 9.32. The van der Waals surface area contributed by atoms with Gasteiger partial charge in [-0.1, -0.05) is 68.4 Å². The molecule has 3 heterocycles. The number of anilines is 1. The molecule has 45 heavy (non-hydrogen) atoms. The van der Waals surface area contributed by atoms with Crippen LogP contribution in [0.2, 0.25) is 0 Å². The zero-order valence-electron chi connectivity index (χ0n) is 25.8. The van der Waals surface area contributed by atoms with Gasteiger partial charge in [-0.15, -0.1) is 5.10 Å². The van der Waals surface area contributed by atoms with E-state index in [1.807, 2.05) is 19.1 Å². The molecule has 2 aromatic heterocycles. The van der Waals surface area contributed by atoms with Crippen molar-refractivity contribution in [1.82, 2.24) is 15.2 Å². The number of aromatic nitrogens is 3. The number of benzene rings is 2. The van der Waals surface area contributed by atoms with Crippen LogP contribution in [0.25, 0.3) is 0 Å². The number of ether oxygens (including phenoxy) is 3. The van der Waals surface area contributed by atoms with Crippen molar-refractivity contribution in [3.8, 4) is 5.88 Å². The summed E-state index contributed by atoms with van der Waals surface area (Å²) in [6.45, 7) is 8.17. The molecule has 0 saturated heterocycles. The summed E-state index contributed by atoms with van der Waals surface area (Å²) in [7, 11) is 1.23. The predicted molar refractivity (Wildman–Crippen MR) is 167 cm³/mol. The fraction of sp³-hybridized carbons (Fsp3) is 0.257. The number of carbonyl (C=O) groups is 3. The highest BCUT2D eigenvalue weighted by atomic mass is 16.6. The van der Waals surface area contributed by atoms with Crippen LogP contribution < -0.4 is 9.64 Å². The van der Waals surface area contributed by atoms with E-state index >= 15 is 0 Å². The molecule has 2 atom stereocenters. The molecule has 0 N–H and O–H groups in total. The molecule has 10 heteroatoms. The predicted octanol–water partition coefficient (Wildman–Crippen LogP) is 5.86. The van der Waals surface area contributed by atoms with Crippen molar-refractivity contribution in [1.29, 1.82) is 0 Å². The number of hydrogen-bond acceptors (Lipinski definition) is 9. The molecule has 2 aromatic carbocycles. The van der Waals surface area contributed by atoms with Crippen LogP contribution in [-0.4, -0.2) is 46.6 Å². The van der Waals surface area contributed by atoms with Gasteiger partial charge in [-0.25, -0.2) is 9.78 Å². The number of Topliss-reactive ketones (excluding diaryl/α,β-unsaturated/α-hetero) is 1. The topological polar surface area (TPSA) is 121 Å². The Hall–Kier alpha value is -5.38. The van der Waals surface area contributed by atoms with Crippen molar-refractivity contribution in [3.63, 3.8) is 0 Å². The van der Waals surface area contributed by atoms with Gasteiger partial charge >= 0.3 is 5.97 Å². The second-order valence-corrected chi connectivity index (χ2v) is 10.8. The first-order valence-corrected chi connectivity index (χ1v) is 14.6. The minimum absolute atomic E-state index is 0.0236. The first-order chi connectivity index (χ1) is 21.7. The van der Waals surface area contributed by atoms with Gasteiger partial charge in [0.1, 0.15) is 0 Å². The third-order valence-electron chi connectivity index (χ3n) is 7.42. The molecule has 0 radical (unpaired) electrons. The maximum atomic E-state index is 14.5. The fourth-order valence-corrected chi connectivity index (χ4v) is 5.08. The number of amides is 1. The number of ketones is 1. The summed E-state index contributed by atoms with van der Waals surface area (Å²) in [5, 5.41) is 8.43. The molecule has 1 aliphatic heterocycles.